The summed E-state index contributed by atoms with van der Waals surface area (Å²) in [4.78, 5) is 3.94. The minimum atomic E-state index is -0.625. The standard InChI is InChI=1S/C13H11Cl2NO/c14-11-4-2-1-3-9(11)7-12(17)10-5-6-13(15)16-8-10/h1-6,8,12,17H,7H2. The molecule has 4 heteroatoms. The van der Waals surface area contributed by atoms with Crippen LogP contribution in [-0.2, 0) is 6.42 Å². The average Bonchev–Trinajstić information content (AvgIpc) is 2.33. The highest BCUT2D eigenvalue weighted by atomic mass is 35.5. The maximum Gasteiger partial charge on any atom is 0.129 e. The van der Waals surface area contributed by atoms with Crippen LogP contribution in [0.2, 0.25) is 10.2 Å². The van der Waals surface area contributed by atoms with Gasteiger partial charge in [-0.1, -0.05) is 47.5 Å². The molecule has 1 heterocycles. The number of aliphatic hydroxyl groups excluding tert-OH is 1. The lowest BCUT2D eigenvalue weighted by Gasteiger charge is -2.11. The van der Waals surface area contributed by atoms with Crippen LogP contribution in [0.3, 0.4) is 0 Å². The van der Waals surface area contributed by atoms with Crippen molar-refractivity contribution in [1.29, 1.82) is 0 Å². The van der Waals surface area contributed by atoms with Crippen LogP contribution in [0.4, 0.5) is 0 Å². The summed E-state index contributed by atoms with van der Waals surface area (Å²) in [6.45, 7) is 0. The molecule has 0 spiro atoms. The highest BCUT2D eigenvalue weighted by Crippen LogP contribution is 2.23. The highest BCUT2D eigenvalue weighted by Gasteiger charge is 2.10. The lowest BCUT2D eigenvalue weighted by atomic mass is 10.0. The van der Waals surface area contributed by atoms with Crippen LogP contribution in [0.1, 0.15) is 17.2 Å². The van der Waals surface area contributed by atoms with Crippen molar-refractivity contribution in [3.05, 3.63) is 63.9 Å². The first kappa shape index (κ1) is 12.4. The molecule has 17 heavy (non-hydrogen) atoms. The Labute approximate surface area is 110 Å². The summed E-state index contributed by atoms with van der Waals surface area (Å²) in [6.07, 6.45) is 1.41. The Morgan fingerprint density at radius 1 is 1.12 bits per heavy atom. The van der Waals surface area contributed by atoms with Crippen LogP contribution in [0.25, 0.3) is 0 Å². The molecule has 0 aliphatic heterocycles. The molecule has 0 bridgehead atoms. The van der Waals surface area contributed by atoms with Crippen molar-refractivity contribution in [3.8, 4) is 0 Å². The van der Waals surface area contributed by atoms with Crippen molar-refractivity contribution in [2.24, 2.45) is 0 Å². The smallest absolute Gasteiger partial charge is 0.129 e. The van der Waals surface area contributed by atoms with Gasteiger partial charge in [0, 0.05) is 17.6 Å². The van der Waals surface area contributed by atoms with Gasteiger partial charge in [0.15, 0.2) is 0 Å². The molecule has 2 aromatic rings. The lowest BCUT2D eigenvalue weighted by Crippen LogP contribution is -2.02. The maximum absolute atomic E-state index is 10.0. The van der Waals surface area contributed by atoms with E-state index in [1.165, 1.54) is 0 Å². The van der Waals surface area contributed by atoms with Gasteiger partial charge in [-0.15, -0.1) is 0 Å². The molecule has 2 rings (SSSR count). The molecular formula is C13H11Cl2NO. The van der Waals surface area contributed by atoms with Crippen molar-refractivity contribution >= 4 is 23.2 Å². The first-order valence-electron chi connectivity index (χ1n) is 5.20. The molecule has 0 radical (unpaired) electrons. The van der Waals surface area contributed by atoms with Gasteiger partial charge in [-0.25, -0.2) is 4.98 Å². The first-order chi connectivity index (χ1) is 8.16. The summed E-state index contributed by atoms with van der Waals surface area (Å²) in [6, 6.07) is 10.9. The van der Waals surface area contributed by atoms with Crippen LogP contribution in [-0.4, -0.2) is 10.1 Å². The number of hydrogen-bond donors (Lipinski definition) is 1. The topological polar surface area (TPSA) is 33.1 Å². The van der Waals surface area contributed by atoms with Crippen LogP contribution < -0.4 is 0 Å². The van der Waals surface area contributed by atoms with Gasteiger partial charge in [0.25, 0.3) is 0 Å². The summed E-state index contributed by atoms with van der Waals surface area (Å²) in [5, 5.41) is 11.1. The molecule has 1 aromatic heterocycles. The highest BCUT2D eigenvalue weighted by molar-refractivity contribution is 6.31. The van der Waals surface area contributed by atoms with E-state index in [2.05, 4.69) is 4.98 Å². The van der Waals surface area contributed by atoms with Crippen molar-refractivity contribution in [2.45, 2.75) is 12.5 Å². The van der Waals surface area contributed by atoms with E-state index in [0.717, 1.165) is 11.1 Å². The Bertz CT molecular complexity index is 499. The molecule has 1 unspecified atom stereocenters. The number of halogens is 2. The SMILES string of the molecule is OC(Cc1ccccc1Cl)c1ccc(Cl)nc1. The zero-order chi connectivity index (χ0) is 12.3. The second-order valence-corrected chi connectivity index (χ2v) is 4.52. The fraction of sp³-hybridized carbons (Fsp3) is 0.154. The number of aromatic nitrogens is 1. The van der Waals surface area contributed by atoms with Gasteiger partial charge in [0.1, 0.15) is 5.15 Å². The van der Waals surface area contributed by atoms with Crippen molar-refractivity contribution in [2.75, 3.05) is 0 Å². The zero-order valence-electron chi connectivity index (χ0n) is 8.98. The predicted octanol–water partition coefficient (Wildman–Crippen LogP) is 3.66. The number of nitrogens with zero attached hydrogens (tertiary/aromatic N) is 1. The van der Waals surface area contributed by atoms with Gasteiger partial charge >= 0.3 is 0 Å². The minimum Gasteiger partial charge on any atom is -0.388 e. The normalized spacial score (nSPS) is 12.4. The van der Waals surface area contributed by atoms with Crippen LogP contribution in [0.5, 0.6) is 0 Å². The molecule has 1 aromatic carbocycles. The van der Waals surface area contributed by atoms with Gasteiger partial charge in [0.2, 0.25) is 0 Å². The van der Waals surface area contributed by atoms with Crippen molar-refractivity contribution < 1.29 is 5.11 Å². The summed E-state index contributed by atoms with van der Waals surface area (Å²) in [7, 11) is 0. The van der Waals surface area contributed by atoms with E-state index in [1.807, 2.05) is 24.3 Å². The average molecular weight is 268 g/mol. The lowest BCUT2D eigenvalue weighted by molar-refractivity contribution is 0.178. The molecule has 0 saturated heterocycles. The predicted molar refractivity (Wildman–Crippen MR) is 69.4 cm³/mol. The fourth-order valence-corrected chi connectivity index (χ4v) is 1.90. The van der Waals surface area contributed by atoms with E-state index in [0.29, 0.717) is 16.6 Å². The van der Waals surface area contributed by atoms with Gasteiger partial charge < -0.3 is 5.11 Å². The van der Waals surface area contributed by atoms with Crippen molar-refractivity contribution in [3.63, 3.8) is 0 Å². The molecule has 0 aliphatic carbocycles. The second kappa shape index (κ2) is 5.50. The number of rotatable bonds is 3. The summed E-state index contributed by atoms with van der Waals surface area (Å²) < 4.78 is 0. The Morgan fingerprint density at radius 2 is 1.88 bits per heavy atom. The molecule has 0 aliphatic rings. The Kier molecular flexibility index (Phi) is 4.00. The maximum atomic E-state index is 10.0. The Hall–Kier alpha value is -1.09. The molecule has 1 N–H and O–H groups in total. The van der Waals surface area contributed by atoms with Crippen LogP contribution in [0.15, 0.2) is 42.6 Å². The van der Waals surface area contributed by atoms with Gasteiger partial charge in [-0.3, -0.25) is 0 Å². The number of benzene rings is 1. The fourth-order valence-electron chi connectivity index (χ4n) is 1.57. The minimum absolute atomic E-state index is 0.415. The monoisotopic (exact) mass is 267 g/mol. The van der Waals surface area contributed by atoms with E-state index in [9.17, 15) is 5.11 Å². The largest absolute Gasteiger partial charge is 0.388 e. The number of hydrogen-bond acceptors (Lipinski definition) is 2. The number of aliphatic hydroxyl groups is 1. The summed E-state index contributed by atoms with van der Waals surface area (Å²) in [5.74, 6) is 0. The van der Waals surface area contributed by atoms with Crippen LogP contribution in [0, 0.1) is 0 Å². The molecule has 2 nitrogen and oxygen atoms in total. The van der Waals surface area contributed by atoms with E-state index in [-0.39, 0.29) is 0 Å². The molecule has 0 saturated carbocycles. The van der Waals surface area contributed by atoms with Gasteiger partial charge in [-0.05, 0) is 23.3 Å². The van der Waals surface area contributed by atoms with Gasteiger partial charge in [0.05, 0.1) is 6.10 Å². The van der Waals surface area contributed by atoms with Crippen LogP contribution >= 0.6 is 23.2 Å². The third-order valence-corrected chi connectivity index (χ3v) is 3.10. The summed E-state index contributed by atoms with van der Waals surface area (Å²) in [5.41, 5.74) is 1.64. The van der Waals surface area contributed by atoms with E-state index < -0.39 is 6.10 Å². The molecule has 88 valence electrons. The molecule has 0 amide bonds. The van der Waals surface area contributed by atoms with Crippen molar-refractivity contribution in [1.82, 2.24) is 4.98 Å². The molecule has 1 atom stereocenters. The number of pyridine rings is 1. The van der Waals surface area contributed by atoms with E-state index >= 15 is 0 Å². The van der Waals surface area contributed by atoms with Gasteiger partial charge in [-0.2, -0.15) is 0 Å². The third kappa shape index (κ3) is 3.19. The molecular weight excluding hydrogens is 257 g/mol. The van der Waals surface area contributed by atoms with E-state index in [1.54, 1.807) is 18.3 Å². The quantitative estimate of drug-likeness (QED) is 0.861. The third-order valence-electron chi connectivity index (χ3n) is 2.51. The summed E-state index contributed by atoms with van der Waals surface area (Å²) >= 11 is 11.7. The zero-order valence-corrected chi connectivity index (χ0v) is 10.5. The Balaban J connectivity index is 2.14. The first-order valence-corrected chi connectivity index (χ1v) is 5.95. The second-order valence-electron chi connectivity index (χ2n) is 3.73. The van der Waals surface area contributed by atoms with E-state index in [4.69, 9.17) is 23.2 Å². The molecule has 0 fully saturated rings. The Morgan fingerprint density at radius 3 is 2.53 bits per heavy atom.